The molecule has 1 saturated heterocycles. The number of nitrogens with zero attached hydrogens (tertiary/aromatic N) is 4. The molecule has 3 rings (SSSR count). The van der Waals surface area contributed by atoms with Gasteiger partial charge in [-0.3, -0.25) is 9.69 Å². The molecule has 1 aromatic carbocycles. The van der Waals surface area contributed by atoms with Gasteiger partial charge < -0.3 is 9.80 Å². The summed E-state index contributed by atoms with van der Waals surface area (Å²) in [5, 5.41) is 1.28. The van der Waals surface area contributed by atoms with Crippen LogP contribution in [0, 0.1) is 5.92 Å². The lowest BCUT2D eigenvalue weighted by molar-refractivity contribution is -0.130. The predicted molar refractivity (Wildman–Crippen MR) is 129 cm³/mol. The number of unbranched alkanes of at least 4 members (excludes halogenated alkanes) is 1. The van der Waals surface area contributed by atoms with E-state index in [1.165, 1.54) is 10.1 Å². The number of hydrogen-bond donors (Lipinski definition) is 0. The van der Waals surface area contributed by atoms with Crippen molar-refractivity contribution in [1.29, 1.82) is 0 Å². The van der Waals surface area contributed by atoms with Gasteiger partial charge in [0.25, 0.3) is 0 Å². The van der Waals surface area contributed by atoms with Crippen LogP contribution >= 0.6 is 36.3 Å². The zero-order valence-electron chi connectivity index (χ0n) is 17.7. The number of anilines is 1. The third kappa shape index (κ3) is 7.28. The van der Waals surface area contributed by atoms with Crippen molar-refractivity contribution >= 4 is 58.2 Å². The highest BCUT2D eigenvalue weighted by Gasteiger charge is 2.20. The van der Waals surface area contributed by atoms with Gasteiger partial charge in [0.1, 0.15) is 5.82 Å². The first-order valence-corrected chi connectivity index (χ1v) is 10.9. The third-order valence-corrected chi connectivity index (χ3v) is 6.07. The molecule has 1 aromatic heterocycles. The molecule has 2 heterocycles. The molecule has 164 valence electrons. The largest absolute Gasteiger partial charge is 0.353 e. The molecular formula is C21H34Cl2N4OS. The molecule has 0 atom stereocenters. The van der Waals surface area contributed by atoms with Gasteiger partial charge in [-0.25, -0.2) is 0 Å². The van der Waals surface area contributed by atoms with Gasteiger partial charge >= 0.3 is 0 Å². The summed E-state index contributed by atoms with van der Waals surface area (Å²) in [6.07, 6.45) is 2.89. The monoisotopic (exact) mass is 460 g/mol. The van der Waals surface area contributed by atoms with Crippen molar-refractivity contribution in [3.05, 3.63) is 24.3 Å². The van der Waals surface area contributed by atoms with Crippen molar-refractivity contribution in [2.24, 2.45) is 5.92 Å². The molecule has 1 aliphatic rings. The van der Waals surface area contributed by atoms with E-state index in [0.717, 1.165) is 57.9 Å². The Balaban J connectivity index is 0.00000210. The number of amides is 1. The molecule has 2 aromatic rings. The summed E-state index contributed by atoms with van der Waals surface area (Å²) >= 11 is 1.60. The number of aromatic nitrogens is 1. The fraction of sp³-hybridized carbons (Fsp3) is 0.619. The first kappa shape index (κ1) is 26.0. The van der Waals surface area contributed by atoms with E-state index in [1.807, 2.05) is 11.9 Å². The maximum atomic E-state index is 12.0. The third-order valence-electron chi connectivity index (χ3n) is 5.26. The quantitative estimate of drug-likeness (QED) is 0.541. The zero-order chi connectivity index (χ0) is 19.2. The van der Waals surface area contributed by atoms with Crippen molar-refractivity contribution in [3.63, 3.8) is 0 Å². The van der Waals surface area contributed by atoms with Crippen molar-refractivity contribution in [2.75, 3.05) is 51.2 Å². The summed E-state index contributed by atoms with van der Waals surface area (Å²) in [5.74, 6) is 1.86. The van der Waals surface area contributed by atoms with Crippen LogP contribution in [0.3, 0.4) is 0 Å². The Morgan fingerprint density at radius 2 is 1.83 bits per heavy atom. The van der Waals surface area contributed by atoms with Crippen molar-refractivity contribution in [3.8, 4) is 0 Å². The van der Waals surface area contributed by atoms with E-state index >= 15 is 0 Å². The fourth-order valence-corrected chi connectivity index (χ4v) is 4.39. The van der Waals surface area contributed by atoms with Gasteiger partial charge in [-0.05, 0) is 49.0 Å². The van der Waals surface area contributed by atoms with Gasteiger partial charge in [-0.2, -0.15) is 4.37 Å². The Kier molecular flexibility index (Phi) is 11.3. The van der Waals surface area contributed by atoms with E-state index in [1.54, 1.807) is 11.5 Å². The Morgan fingerprint density at radius 3 is 2.52 bits per heavy atom. The molecule has 0 spiro atoms. The molecule has 0 saturated carbocycles. The van der Waals surface area contributed by atoms with Crippen LogP contribution in [0.4, 0.5) is 5.82 Å². The summed E-state index contributed by atoms with van der Waals surface area (Å²) < 4.78 is 5.96. The van der Waals surface area contributed by atoms with Crippen LogP contribution in [0.1, 0.15) is 33.1 Å². The van der Waals surface area contributed by atoms with Crippen LogP contribution < -0.4 is 4.90 Å². The van der Waals surface area contributed by atoms with Gasteiger partial charge in [0.05, 0.1) is 4.70 Å². The van der Waals surface area contributed by atoms with Crippen LogP contribution in [-0.4, -0.2) is 66.4 Å². The van der Waals surface area contributed by atoms with Crippen molar-refractivity contribution in [2.45, 2.75) is 33.1 Å². The van der Waals surface area contributed by atoms with Gasteiger partial charge in [0, 0.05) is 51.6 Å². The van der Waals surface area contributed by atoms with E-state index in [2.05, 4.69) is 52.3 Å². The molecule has 0 radical (unpaired) electrons. The van der Waals surface area contributed by atoms with E-state index in [-0.39, 0.29) is 30.7 Å². The van der Waals surface area contributed by atoms with Crippen LogP contribution in [-0.2, 0) is 4.79 Å². The Morgan fingerprint density at radius 1 is 1.14 bits per heavy atom. The molecule has 0 N–H and O–H groups in total. The second-order valence-corrected chi connectivity index (χ2v) is 8.76. The lowest BCUT2D eigenvalue weighted by Gasteiger charge is -2.35. The highest BCUT2D eigenvalue weighted by Crippen LogP contribution is 2.29. The van der Waals surface area contributed by atoms with Crippen LogP contribution in [0.15, 0.2) is 24.3 Å². The molecule has 29 heavy (non-hydrogen) atoms. The Bertz CT molecular complexity index is 747. The SMILES string of the molecule is CC(C)CC(=O)N(C)CCCCN1CCN(c2nsc3ccccc23)CC1.Cl.Cl. The van der Waals surface area contributed by atoms with Crippen molar-refractivity contribution < 1.29 is 4.79 Å². The number of hydrogen-bond acceptors (Lipinski definition) is 5. The zero-order valence-corrected chi connectivity index (χ0v) is 20.1. The smallest absolute Gasteiger partial charge is 0.222 e. The summed E-state index contributed by atoms with van der Waals surface area (Å²) in [4.78, 5) is 18.9. The van der Waals surface area contributed by atoms with Gasteiger partial charge in [0.15, 0.2) is 0 Å². The van der Waals surface area contributed by atoms with Crippen LogP contribution in [0.25, 0.3) is 10.1 Å². The molecule has 1 amide bonds. The Hall–Kier alpha value is -1.08. The lowest BCUT2D eigenvalue weighted by Crippen LogP contribution is -2.46. The minimum absolute atomic E-state index is 0. The minimum Gasteiger partial charge on any atom is -0.353 e. The molecular weight excluding hydrogens is 427 g/mol. The predicted octanol–water partition coefficient (Wildman–Crippen LogP) is 4.55. The molecule has 0 aliphatic carbocycles. The standard InChI is InChI=1S/C21H32N4OS.2ClH/c1-17(2)16-20(26)23(3)10-6-7-11-24-12-14-25(15-13-24)21-18-8-4-5-9-19(18)27-22-21;;/h4-5,8-9,17H,6-7,10-16H2,1-3H3;2*1H. The number of halogens is 2. The number of piperazine rings is 1. The molecule has 0 bridgehead atoms. The van der Waals surface area contributed by atoms with E-state index in [0.29, 0.717) is 12.3 Å². The molecule has 0 unspecified atom stereocenters. The van der Waals surface area contributed by atoms with Crippen molar-refractivity contribution in [1.82, 2.24) is 14.2 Å². The van der Waals surface area contributed by atoms with Crippen LogP contribution in [0.2, 0.25) is 0 Å². The summed E-state index contributed by atoms with van der Waals surface area (Å²) in [5.41, 5.74) is 0. The molecule has 5 nitrogen and oxygen atoms in total. The summed E-state index contributed by atoms with van der Waals surface area (Å²) in [6.45, 7) is 10.5. The maximum Gasteiger partial charge on any atom is 0.222 e. The first-order valence-electron chi connectivity index (χ1n) is 10.1. The second-order valence-electron chi connectivity index (χ2n) is 7.95. The van der Waals surface area contributed by atoms with E-state index in [4.69, 9.17) is 0 Å². The number of rotatable bonds is 8. The van der Waals surface area contributed by atoms with Gasteiger partial charge in [-0.15, -0.1) is 24.8 Å². The van der Waals surface area contributed by atoms with E-state index < -0.39 is 0 Å². The number of carbonyl (C=O) groups excluding carboxylic acids is 1. The van der Waals surface area contributed by atoms with Gasteiger partial charge in [-0.1, -0.05) is 26.0 Å². The summed E-state index contributed by atoms with van der Waals surface area (Å²) in [7, 11) is 1.93. The molecule has 8 heteroatoms. The Labute approximate surface area is 191 Å². The molecule has 1 aliphatic heterocycles. The van der Waals surface area contributed by atoms with Crippen LogP contribution in [0.5, 0.6) is 0 Å². The normalized spacial score (nSPS) is 14.6. The number of benzene rings is 1. The van der Waals surface area contributed by atoms with Gasteiger partial charge in [0.2, 0.25) is 5.91 Å². The number of carbonyl (C=O) groups is 1. The fourth-order valence-electron chi connectivity index (χ4n) is 3.60. The second kappa shape index (κ2) is 12.6. The molecule has 1 fully saturated rings. The number of fused-ring (bicyclic) bond motifs is 1. The first-order chi connectivity index (χ1) is 13.0. The maximum absolute atomic E-state index is 12.0. The minimum atomic E-state index is 0. The average molecular weight is 462 g/mol. The topological polar surface area (TPSA) is 39.7 Å². The highest BCUT2D eigenvalue weighted by atomic mass is 35.5. The van der Waals surface area contributed by atoms with E-state index in [9.17, 15) is 4.79 Å². The highest BCUT2D eigenvalue weighted by molar-refractivity contribution is 7.13. The lowest BCUT2D eigenvalue weighted by atomic mass is 10.1. The average Bonchev–Trinajstić information content (AvgIpc) is 3.09. The summed E-state index contributed by atoms with van der Waals surface area (Å²) in [6, 6.07) is 8.50.